The molecule has 0 bridgehead atoms. The van der Waals surface area contributed by atoms with Crippen LogP contribution in [0.5, 0.6) is 11.5 Å². The summed E-state index contributed by atoms with van der Waals surface area (Å²) in [5.74, 6) is 1.77. The van der Waals surface area contributed by atoms with E-state index >= 15 is 0 Å². The molecule has 0 saturated heterocycles. The summed E-state index contributed by atoms with van der Waals surface area (Å²) >= 11 is 0. The molecule has 114 valence electrons. The maximum atomic E-state index is 11.8. The van der Waals surface area contributed by atoms with E-state index in [0.29, 0.717) is 6.42 Å². The first-order chi connectivity index (χ1) is 11.3. The van der Waals surface area contributed by atoms with Crippen LogP contribution in [0, 0.1) is 0 Å². The van der Waals surface area contributed by atoms with Gasteiger partial charge < -0.3 is 4.74 Å². The topological polar surface area (TPSA) is 26.3 Å². The zero-order chi connectivity index (χ0) is 16.1. The Balaban J connectivity index is 1.81. The highest BCUT2D eigenvalue weighted by Gasteiger charge is 2.05. The SMILES string of the molecule is CCC(=O)c1cccc(-c2ccc(Oc3ccccc3)cc2)c1. The Morgan fingerprint density at radius 3 is 2.17 bits per heavy atom. The summed E-state index contributed by atoms with van der Waals surface area (Å²) < 4.78 is 5.79. The fraction of sp³-hybridized carbons (Fsp3) is 0.0952. The summed E-state index contributed by atoms with van der Waals surface area (Å²) in [5, 5.41) is 0. The van der Waals surface area contributed by atoms with Crippen LogP contribution in [0.25, 0.3) is 11.1 Å². The predicted octanol–water partition coefficient (Wildman–Crippen LogP) is 5.74. The lowest BCUT2D eigenvalue weighted by molar-refractivity contribution is 0.0988. The molecule has 2 nitrogen and oxygen atoms in total. The average Bonchev–Trinajstić information content (AvgIpc) is 2.62. The maximum absolute atomic E-state index is 11.8. The van der Waals surface area contributed by atoms with Crippen LogP contribution in [-0.4, -0.2) is 5.78 Å². The van der Waals surface area contributed by atoms with Gasteiger partial charge in [-0.1, -0.05) is 55.5 Å². The molecule has 0 aliphatic rings. The van der Waals surface area contributed by atoms with E-state index in [1.807, 2.05) is 85.8 Å². The minimum atomic E-state index is 0.163. The highest BCUT2D eigenvalue weighted by atomic mass is 16.5. The minimum Gasteiger partial charge on any atom is -0.457 e. The maximum Gasteiger partial charge on any atom is 0.162 e. The van der Waals surface area contributed by atoms with Gasteiger partial charge >= 0.3 is 0 Å². The van der Waals surface area contributed by atoms with Gasteiger partial charge in [0.1, 0.15) is 11.5 Å². The van der Waals surface area contributed by atoms with Crippen LogP contribution in [0.1, 0.15) is 23.7 Å². The molecular formula is C21H18O2. The summed E-state index contributed by atoms with van der Waals surface area (Å²) in [6.45, 7) is 1.88. The Morgan fingerprint density at radius 1 is 0.783 bits per heavy atom. The van der Waals surface area contributed by atoms with Crippen molar-refractivity contribution in [2.75, 3.05) is 0 Å². The third-order valence-electron chi connectivity index (χ3n) is 3.67. The van der Waals surface area contributed by atoms with Crippen molar-refractivity contribution in [3.05, 3.63) is 84.4 Å². The highest BCUT2D eigenvalue weighted by Crippen LogP contribution is 2.26. The van der Waals surface area contributed by atoms with E-state index in [4.69, 9.17) is 4.74 Å². The molecule has 3 rings (SSSR count). The fourth-order valence-electron chi connectivity index (χ4n) is 2.42. The molecule has 0 fully saturated rings. The van der Waals surface area contributed by atoms with E-state index in [-0.39, 0.29) is 5.78 Å². The molecule has 23 heavy (non-hydrogen) atoms. The van der Waals surface area contributed by atoms with Gasteiger partial charge in [-0.3, -0.25) is 4.79 Å². The number of ether oxygens (including phenoxy) is 1. The van der Waals surface area contributed by atoms with Gasteiger partial charge in [0.15, 0.2) is 5.78 Å². The standard InChI is InChI=1S/C21H18O2/c1-2-21(22)18-8-6-7-17(15-18)16-11-13-20(14-12-16)23-19-9-4-3-5-10-19/h3-15H,2H2,1H3. The van der Waals surface area contributed by atoms with Gasteiger partial charge in [0.2, 0.25) is 0 Å². The predicted molar refractivity (Wildman–Crippen MR) is 93.0 cm³/mol. The zero-order valence-corrected chi connectivity index (χ0v) is 13.0. The van der Waals surface area contributed by atoms with Crippen LogP contribution in [-0.2, 0) is 0 Å². The quantitative estimate of drug-likeness (QED) is 0.562. The second kappa shape index (κ2) is 6.93. The summed E-state index contributed by atoms with van der Waals surface area (Å²) in [7, 11) is 0. The molecule has 3 aromatic rings. The Hall–Kier alpha value is -2.87. The first kappa shape index (κ1) is 15.0. The largest absolute Gasteiger partial charge is 0.457 e. The van der Waals surface area contributed by atoms with Crippen molar-refractivity contribution in [2.24, 2.45) is 0 Å². The first-order valence-corrected chi connectivity index (χ1v) is 7.73. The lowest BCUT2D eigenvalue weighted by Gasteiger charge is -2.08. The summed E-state index contributed by atoms with van der Waals surface area (Å²) in [6, 6.07) is 25.3. The molecule has 0 N–H and O–H groups in total. The first-order valence-electron chi connectivity index (χ1n) is 7.73. The van der Waals surface area contributed by atoms with Crippen LogP contribution in [0.2, 0.25) is 0 Å². The molecule has 0 spiro atoms. The van der Waals surface area contributed by atoms with Gasteiger partial charge in [-0.2, -0.15) is 0 Å². The van der Waals surface area contributed by atoms with E-state index in [0.717, 1.165) is 28.2 Å². The van der Waals surface area contributed by atoms with Crippen LogP contribution in [0.4, 0.5) is 0 Å². The number of rotatable bonds is 5. The van der Waals surface area contributed by atoms with Crippen molar-refractivity contribution in [3.63, 3.8) is 0 Å². The van der Waals surface area contributed by atoms with E-state index in [1.165, 1.54) is 0 Å². The van der Waals surface area contributed by atoms with Crippen molar-refractivity contribution < 1.29 is 9.53 Å². The molecule has 0 atom stereocenters. The molecule has 0 unspecified atom stereocenters. The Kier molecular flexibility index (Phi) is 4.53. The van der Waals surface area contributed by atoms with Crippen molar-refractivity contribution in [1.29, 1.82) is 0 Å². The summed E-state index contributed by atoms with van der Waals surface area (Å²) in [5.41, 5.74) is 2.86. The van der Waals surface area contributed by atoms with Crippen LogP contribution in [0.15, 0.2) is 78.9 Å². The minimum absolute atomic E-state index is 0.163. The Bertz CT molecular complexity index is 790. The number of ketones is 1. The number of hydrogen-bond acceptors (Lipinski definition) is 2. The number of para-hydroxylation sites is 1. The van der Waals surface area contributed by atoms with E-state index < -0.39 is 0 Å². The Labute approximate surface area is 136 Å². The molecule has 0 saturated carbocycles. The van der Waals surface area contributed by atoms with Gasteiger partial charge in [0.05, 0.1) is 0 Å². The smallest absolute Gasteiger partial charge is 0.162 e. The number of hydrogen-bond donors (Lipinski definition) is 0. The molecular weight excluding hydrogens is 284 g/mol. The molecule has 0 radical (unpaired) electrons. The molecule has 0 aromatic heterocycles. The van der Waals surface area contributed by atoms with E-state index in [1.54, 1.807) is 0 Å². The van der Waals surface area contributed by atoms with Crippen molar-refractivity contribution in [3.8, 4) is 22.6 Å². The number of Topliss-reactive ketones (excluding diaryl/α,β-unsaturated/α-hetero) is 1. The molecule has 0 aliphatic heterocycles. The second-order valence-corrected chi connectivity index (χ2v) is 5.30. The molecule has 0 amide bonds. The fourth-order valence-corrected chi connectivity index (χ4v) is 2.42. The molecule has 2 heteroatoms. The number of carbonyl (C=O) groups excluding carboxylic acids is 1. The van der Waals surface area contributed by atoms with Gasteiger partial charge in [0, 0.05) is 12.0 Å². The molecule has 3 aromatic carbocycles. The average molecular weight is 302 g/mol. The normalized spacial score (nSPS) is 10.3. The van der Waals surface area contributed by atoms with Gasteiger partial charge in [0.25, 0.3) is 0 Å². The monoisotopic (exact) mass is 302 g/mol. The zero-order valence-electron chi connectivity index (χ0n) is 13.0. The van der Waals surface area contributed by atoms with Gasteiger partial charge in [-0.25, -0.2) is 0 Å². The third kappa shape index (κ3) is 3.67. The molecule has 0 heterocycles. The third-order valence-corrected chi connectivity index (χ3v) is 3.67. The lowest BCUT2D eigenvalue weighted by atomic mass is 10.0. The lowest BCUT2D eigenvalue weighted by Crippen LogP contribution is -1.96. The second-order valence-electron chi connectivity index (χ2n) is 5.30. The van der Waals surface area contributed by atoms with Crippen molar-refractivity contribution >= 4 is 5.78 Å². The Morgan fingerprint density at radius 2 is 1.48 bits per heavy atom. The van der Waals surface area contributed by atoms with E-state index in [2.05, 4.69) is 0 Å². The van der Waals surface area contributed by atoms with Gasteiger partial charge in [-0.05, 0) is 41.5 Å². The van der Waals surface area contributed by atoms with Crippen LogP contribution in [0.3, 0.4) is 0 Å². The van der Waals surface area contributed by atoms with E-state index in [9.17, 15) is 4.79 Å². The van der Waals surface area contributed by atoms with Crippen LogP contribution >= 0.6 is 0 Å². The van der Waals surface area contributed by atoms with Gasteiger partial charge in [-0.15, -0.1) is 0 Å². The number of carbonyl (C=O) groups is 1. The number of benzene rings is 3. The van der Waals surface area contributed by atoms with Crippen molar-refractivity contribution in [2.45, 2.75) is 13.3 Å². The van der Waals surface area contributed by atoms with Crippen LogP contribution < -0.4 is 4.74 Å². The summed E-state index contributed by atoms with van der Waals surface area (Å²) in [4.78, 5) is 11.8. The highest BCUT2D eigenvalue weighted by molar-refractivity contribution is 5.97. The molecule has 0 aliphatic carbocycles. The van der Waals surface area contributed by atoms with Crippen molar-refractivity contribution in [1.82, 2.24) is 0 Å². The summed E-state index contributed by atoms with van der Waals surface area (Å²) in [6.07, 6.45) is 0.521.